The summed E-state index contributed by atoms with van der Waals surface area (Å²) in [6.45, 7) is -0.688. The molecule has 8 nitrogen and oxygen atoms in total. The topological polar surface area (TPSA) is 111 Å². The summed E-state index contributed by atoms with van der Waals surface area (Å²) in [6, 6.07) is -1.33. The van der Waals surface area contributed by atoms with Crippen LogP contribution in [0.25, 0.3) is 0 Å². The van der Waals surface area contributed by atoms with E-state index in [1.807, 2.05) is 4.72 Å². The van der Waals surface area contributed by atoms with Crippen LogP contribution in [0, 0.1) is 0 Å². The molecule has 0 saturated carbocycles. The number of sulfonamides is 1. The van der Waals surface area contributed by atoms with Crippen molar-refractivity contribution in [3.63, 3.8) is 0 Å². The second-order valence-corrected chi connectivity index (χ2v) is 4.94. The van der Waals surface area contributed by atoms with Gasteiger partial charge in [-0.25, -0.2) is 8.42 Å². The molecule has 9 heteroatoms. The van der Waals surface area contributed by atoms with Crippen LogP contribution in [0.2, 0.25) is 0 Å². The highest BCUT2D eigenvalue weighted by atomic mass is 32.2. The SMILES string of the molecule is COC(=O)C(CO)NS(=O)(=O)c1cnn(C)c1. The zero-order valence-corrected chi connectivity index (χ0v) is 10.1. The molecule has 0 amide bonds. The van der Waals surface area contributed by atoms with Gasteiger partial charge in [0.2, 0.25) is 10.0 Å². The number of ether oxygens (including phenoxy) is 1. The molecule has 0 aliphatic rings. The van der Waals surface area contributed by atoms with Gasteiger partial charge in [-0.2, -0.15) is 9.82 Å². The quantitative estimate of drug-likeness (QED) is 0.608. The Hall–Kier alpha value is -1.45. The summed E-state index contributed by atoms with van der Waals surface area (Å²) in [7, 11) is -1.24. The van der Waals surface area contributed by atoms with Crippen LogP contribution in [0.5, 0.6) is 0 Å². The van der Waals surface area contributed by atoms with E-state index in [4.69, 9.17) is 5.11 Å². The van der Waals surface area contributed by atoms with Gasteiger partial charge in [-0.3, -0.25) is 9.48 Å². The van der Waals surface area contributed by atoms with Gasteiger partial charge in [0, 0.05) is 13.2 Å². The van der Waals surface area contributed by atoms with Gasteiger partial charge in [-0.15, -0.1) is 0 Å². The predicted molar refractivity (Wildman–Crippen MR) is 56.4 cm³/mol. The van der Waals surface area contributed by atoms with Gasteiger partial charge in [0.25, 0.3) is 0 Å². The molecule has 0 spiro atoms. The molecule has 1 unspecified atom stereocenters. The molecule has 1 rings (SSSR count). The van der Waals surface area contributed by atoms with Crippen LogP contribution in [-0.2, 0) is 26.6 Å². The third-order valence-corrected chi connectivity index (χ3v) is 3.38. The number of aliphatic hydroxyl groups is 1. The van der Waals surface area contributed by atoms with Crippen molar-refractivity contribution in [2.24, 2.45) is 7.05 Å². The molecule has 96 valence electrons. The number of hydrogen-bond acceptors (Lipinski definition) is 6. The second kappa shape index (κ2) is 5.25. The van der Waals surface area contributed by atoms with Crippen molar-refractivity contribution >= 4 is 16.0 Å². The molecular formula is C8H13N3O5S. The van der Waals surface area contributed by atoms with Crippen molar-refractivity contribution in [1.82, 2.24) is 14.5 Å². The van der Waals surface area contributed by atoms with Crippen molar-refractivity contribution in [3.8, 4) is 0 Å². The van der Waals surface area contributed by atoms with Crippen molar-refractivity contribution in [2.45, 2.75) is 10.9 Å². The van der Waals surface area contributed by atoms with Crippen LogP contribution < -0.4 is 4.72 Å². The number of hydrogen-bond donors (Lipinski definition) is 2. The van der Waals surface area contributed by atoms with E-state index in [9.17, 15) is 13.2 Å². The van der Waals surface area contributed by atoms with Crippen molar-refractivity contribution in [3.05, 3.63) is 12.4 Å². The Morgan fingerprint density at radius 2 is 2.35 bits per heavy atom. The number of aliphatic hydroxyl groups excluding tert-OH is 1. The molecule has 1 aromatic rings. The third-order valence-electron chi connectivity index (χ3n) is 1.96. The Morgan fingerprint density at radius 3 is 2.76 bits per heavy atom. The minimum atomic E-state index is -3.90. The van der Waals surface area contributed by atoms with Crippen LogP contribution in [-0.4, -0.2) is 49.0 Å². The Kier molecular flexibility index (Phi) is 4.21. The number of nitrogens with one attached hydrogen (secondary N) is 1. The summed E-state index contributed by atoms with van der Waals surface area (Å²) in [5.41, 5.74) is 0. The first kappa shape index (κ1) is 13.6. The monoisotopic (exact) mass is 263 g/mol. The van der Waals surface area contributed by atoms with E-state index in [0.717, 1.165) is 13.3 Å². The van der Waals surface area contributed by atoms with Crippen LogP contribution in [0.3, 0.4) is 0 Å². The lowest BCUT2D eigenvalue weighted by atomic mass is 10.3. The maximum Gasteiger partial charge on any atom is 0.326 e. The molecule has 0 saturated heterocycles. The van der Waals surface area contributed by atoms with Crippen LogP contribution >= 0.6 is 0 Å². The standard InChI is InChI=1S/C8H13N3O5S/c1-11-4-6(3-9-11)17(14,15)10-7(5-12)8(13)16-2/h3-4,7,10,12H,5H2,1-2H3. The van der Waals surface area contributed by atoms with Crippen LogP contribution in [0.4, 0.5) is 0 Å². The van der Waals surface area contributed by atoms with Gasteiger partial charge in [0.05, 0.1) is 19.9 Å². The van der Waals surface area contributed by atoms with Crippen molar-refractivity contribution < 1.29 is 23.1 Å². The number of carbonyl (C=O) groups is 1. The lowest BCUT2D eigenvalue weighted by Gasteiger charge is -2.12. The lowest BCUT2D eigenvalue weighted by molar-refractivity contribution is -0.143. The van der Waals surface area contributed by atoms with Crippen molar-refractivity contribution in [1.29, 1.82) is 0 Å². The molecule has 1 heterocycles. The van der Waals surface area contributed by atoms with Gasteiger partial charge < -0.3 is 9.84 Å². The number of aryl methyl sites for hydroxylation is 1. The first-order valence-electron chi connectivity index (χ1n) is 4.60. The fourth-order valence-electron chi connectivity index (χ4n) is 1.10. The Morgan fingerprint density at radius 1 is 1.71 bits per heavy atom. The van der Waals surface area contributed by atoms with E-state index < -0.39 is 28.6 Å². The average molecular weight is 263 g/mol. The Labute approximate surface area is 98.2 Å². The minimum absolute atomic E-state index is 0.0950. The normalized spacial score (nSPS) is 13.4. The zero-order valence-electron chi connectivity index (χ0n) is 9.32. The van der Waals surface area contributed by atoms with Crippen molar-refractivity contribution in [2.75, 3.05) is 13.7 Å². The maximum absolute atomic E-state index is 11.8. The van der Waals surface area contributed by atoms with Crippen LogP contribution in [0.15, 0.2) is 17.3 Å². The van der Waals surface area contributed by atoms with Gasteiger partial charge >= 0.3 is 5.97 Å². The van der Waals surface area contributed by atoms with E-state index in [1.54, 1.807) is 7.05 Å². The highest BCUT2D eigenvalue weighted by molar-refractivity contribution is 7.89. The second-order valence-electron chi connectivity index (χ2n) is 3.23. The molecule has 0 radical (unpaired) electrons. The molecular weight excluding hydrogens is 250 g/mol. The predicted octanol–water partition coefficient (Wildman–Crippen LogP) is -1.77. The number of carbonyl (C=O) groups excluding carboxylic acids is 1. The van der Waals surface area contributed by atoms with E-state index in [2.05, 4.69) is 9.84 Å². The summed E-state index contributed by atoms with van der Waals surface area (Å²) in [5, 5.41) is 12.6. The highest BCUT2D eigenvalue weighted by Gasteiger charge is 2.26. The fraction of sp³-hybridized carbons (Fsp3) is 0.500. The smallest absolute Gasteiger partial charge is 0.326 e. The molecule has 0 fully saturated rings. The molecule has 17 heavy (non-hydrogen) atoms. The fourth-order valence-corrected chi connectivity index (χ4v) is 2.25. The average Bonchev–Trinajstić information content (AvgIpc) is 2.72. The number of esters is 1. The van der Waals surface area contributed by atoms with E-state index in [1.165, 1.54) is 10.9 Å². The molecule has 0 bridgehead atoms. The Balaban J connectivity index is 2.89. The van der Waals surface area contributed by atoms with E-state index >= 15 is 0 Å². The van der Waals surface area contributed by atoms with Gasteiger partial charge in [-0.1, -0.05) is 0 Å². The van der Waals surface area contributed by atoms with Gasteiger partial charge in [0.1, 0.15) is 10.9 Å². The zero-order chi connectivity index (χ0) is 13.1. The molecule has 1 aromatic heterocycles. The van der Waals surface area contributed by atoms with Gasteiger partial charge in [-0.05, 0) is 0 Å². The summed E-state index contributed by atoms with van der Waals surface area (Å²) >= 11 is 0. The number of rotatable bonds is 5. The minimum Gasteiger partial charge on any atom is -0.468 e. The van der Waals surface area contributed by atoms with Crippen LogP contribution in [0.1, 0.15) is 0 Å². The summed E-state index contributed by atoms with van der Waals surface area (Å²) < 4.78 is 31.2. The molecule has 0 aromatic carbocycles. The Bertz CT molecular complexity index is 495. The summed E-state index contributed by atoms with van der Waals surface area (Å²) in [4.78, 5) is 11.0. The molecule has 0 aliphatic carbocycles. The van der Waals surface area contributed by atoms with Gasteiger partial charge in [0.15, 0.2) is 0 Å². The largest absolute Gasteiger partial charge is 0.468 e. The maximum atomic E-state index is 11.8. The third kappa shape index (κ3) is 3.25. The number of aromatic nitrogens is 2. The lowest BCUT2D eigenvalue weighted by Crippen LogP contribution is -2.43. The first-order chi connectivity index (χ1) is 7.90. The first-order valence-corrected chi connectivity index (χ1v) is 6.08. The van der Waals surface area contributed by atoms with E-state index in [-0.39, 0.29) is 4.90 Å². The van der Waals surface area contributed by atoms with E-state index in [0.29, 0.717) is 0 Å². The molecule has 1 atom stereocenters. The summed E-state index contributed by atoms with van der Waals surface area (Å²) in [5.74, 6) is -0.861. The highest BCUT2D eigenvalue weighted by Crippen LogP contribution is 2.07. The molecule has 2 N–H and O–H groups in total. The molecule has 0 aliphatic heterocycles. The number of nitrogens with zero attached hydrogens (tertiary/aromatic N) is 2. The summed E-state index contributed by atoms with van der Waals surface area (Å²) in [6.07, 6.45) is 2.40. The number of methoxy groups -OCH3 is 1.